The van der Waals surface area contributed by atoms with Crippen LogP contribution in [-0.4, -0.2) is 48.1 Å². The number of halogens is 1. The van der Waals surface area contributed by atoms with Crippen LogP contribution in [0.15, 0.2) is 23.1 Å². The van der Waals surface area contributed by atoms with Crippen LogP contribution in [0.2, 0.25) is 0 Å². The maximum absolute atomic E-state index is 13.6. The van der Waals surface area contributed by atoms with E-state index < -0.39 is 32.8 Å². The first kappa shape index (κ1) is 13.9. The predicted molar refractivity (Wildman–Crippen MR) is 62.7 cm³/mol. The molecule has 19 heavy (non-hydrogen) atoms. The highest BCUT2D eigenvalue weighted by Crippen LogP contribution is 2.24. The normalized spacial score (nSPS) is 20.6. The maximum Gasteiger partial charge on any atom is 0.335 e. The van der Waals surface area contributed by atoms with Crippen LogP contribution in [0.3, 0.4) is 0 Å². The fraction of sp³-hybridized carbons (Fsp3) is 0.364. The van der Waals surface area contributed by atoms with Crippen molar-refractivity contribution in [1.82, 2.24) is 4.31 Å². The largest absolute Gasteiger partial charge is 0.478 e. The lowest BCUT2D eigenvalue weighted by Gasteiger charge is -2.16. The van der Waals surface area contributed by atoms with Gasteiger partial charge in [0.05, 0.1) is 11.7 Å². The van der Waals surface area contributed by atoms with Gasteiger partial charge in [-0.1, -0.05) is 0 Å². The summed E-state index contributed by atoms with van der Waals surface area (Å²) < 4.78 is 38.9. The van der Waals surface area contributed by atoms with Crippen LogP contribution < -0.4 is 0 Å². The van der Waals surface area contributed by atoms with Gasteiger partial charge in [-0.3, -0.25) is 0 Å². The van der Waals surface area contributed by atoms with Crippen LogP contribution in [0.4, 0.5) is 4.39 Å². The van der Waals surface area contributed by atoms with E-state index in [0.717, 1.165) is 22.5 Å². The number of nitrogens with zero attached hydrogens (tertiary/aromatic N) is 1. The number of hydrogen-bond acceptors (Lipinski definition) is 4. The highest BCUT2D eigenvalue weighted by Gasteiger charge is 2.33. The molecular formula is C11H12FNO5S. The van der Waals surface area contributed by atoms with E-state index in [1.165, 1.54) is 0 Å². The number of carboxylic acids is 1. The van der Waals surface area contributed by atoms with E-state index in [-0.39, 0.29) is 25.1 Å². The average molecular weight is 289 g/mol. The summed E-state index contributed by atoms with van der Waals surface area (Å²) in [5.74, 6) is -2.34. The van der Waals surface area contributed by atoms with Gasteiger partial charge in [0, 0.05) is 13.1 Å². The van der Waals surface area contributed by atoms with E-state index in [9.17, 15) is 22.7 Å². The van der Waals surface area contributed by atoms with Crippen molar-refractivity contribution >= 4 is 16.0 Å². The summed E-state index contributed by atoms with van der Waals surface area (Å²) in [6, 6.07) is 2.59. The topological polar surface area (TPSA) is 94.9 Å². The Balaban J connectivity index is 2.45. The van der Waals surface area contributed by atoms with Gasteiger partial charge in [-0.15, -0.1) is 0 Å². The molecule has 1 heterocycles. The fourth-order valence-electron chi connectivity index (χ4n) is 1.90. The molecule has 0 unspecified atom stereocenters. The van der Waals surface area contributed by atoms with Crippen molar-refractivity contribution in [2.45, 2.75) is 17.4 Å². The minimum atomic E-state index is -4.12. The first-order valence-electron chi connectivity index (χ1n) is 5.53. The zero-order valence-corrected chi connectivity index (χ0v) is 10.6. The van der Waals surface area contributed by atoms with Crippen molar-refractivity contribution in [1.29, 1.82) is 0 Å². The first-order valence-corrected chi connectivity index (χ1v) is 6.97. The third-order valence-corrected chi connectivity index (χ3v) is 4.80. The number of carbonyl (C=O) groups is 1. The smallest absolute Gasteiger partial charge is 0.335 e. The molecule has 0 amide bonds. The predicted octanol–water partition coefficient (Wildman–Crippen LogP) is 0.279. The van der Waals surface area contributed by atoms with Gasteiger partial charge in [0.15, 0.2) is 0 Å². The average Bonchev–Trinajstić information content (AvgIpc) is 2.76. The van der Waals surface area contributed by atoms with Crippen molar-refractivity contribution in [3.8, 4) is 0 Å². The lowest BCUT2D eigenvalue weighted by atomic mass is 10.2. The van der Waals surface area contributed by atoms with Gasteiger partial charge < -0.3 is 10.2 Å². The van der Waals surface area contributed by atoms with Crippen molar-refractivity contribution in [2.24, 2.45) is 0 Å². The summed E-state index contributed by atoms with van der Waals surface area (Å²) in [4.78, 5) is 10.1. The number of hydrogen-bond donors (Lipinski definition) is 2. The fourth-order valence-corrected chi connectivity index (χ4v) is 3.48. The molecule has 0 spiro atoms. The van der Waals surface area contributed by atoms with Gasteiger partial charge in [0.2, 0.25) is 10.0 Å². The summed E-state index contributed by atoms with van der Waals surface area (Å²) in [5, 5.41) is 18.1. The van der Waals surface area contributed by atoms with Gasteiger partial charge in [-0.25, -0.2) is 17.6 Å². The Kier molecular flexibility index (Phi) is 3.57. The summed E-state index contributed by atoms with van der Waals surface area (Å²) in [6.45, 7) is -0.0285. The molecule has 1 atom stereocenters. The molecule has 1 aromatic rings. The van der Waals surface area contributed by atoms with Crippen LogP contribution in [0.5, 0.6) is 0 Å². The lowest BCUT2D eigenvalue weighted by molar-refractivity contribution is 0.0696. The molecular weight excluding hydrogens is 277 g/mol. The Labute approximate surface area is 109 Å². The van der Waals surface area contributed by atoms with Gasteiger partial charge in [-0.2, -0.15) is 4.31 Å². The number of β-amino-alcohol motifs (C(OH)–C–C–N with tert-alkyl or cyclic N) is 1. The van der Waals surface area contributed by atoms with Gasteiger partial charge in [0.1, 0.15) is 10.7 Å². The van der Waals surface area contributed by atoms with E-state index in [4.69, 9.17) is 5.11 Å². The Morgan fingerprint density at radius 2 is 2.11 bits per heavy atom. The molecule has 2 N–H and O–H groups in total. The van der Waals surface area contributed by atoms with Crippen LogP contribution in [0, 0.1) is 5.82 Å². The van der Waals surface area contributed by atoms with E-state index in [0.29, 0.717) is 0 Å². The number of benzene rings is 1. The zero-order chi connectivity index (χ0) is 14.2. The van der Waals surface area contributed by atoms with E-state index >= 15 is 0 Å². The number of aliphatic hydroxyl groups excluding tert-OH is 1. The number of rotatable bonds is 3. The molecule has 2 rings (SSSR count). The Morgan fingerprint density at radius 1 is 1.42 bits per heavy atom. The minimum Gasteiger partial charge on any atom is -0.478 e. The third kappa shape index (κ3) is 2.60. The zero-order valence-electron chi connectivity index (χ0n) is 9.78. The van der Waals surface area contributed by atoms with E-state index in [1.807, 2.05) is 0 Å². The van der Waals surface area contributed by atoms with E-state index in [1.54, 1.807) is 0 Å². The standard InChI is InChI=1S/C11H12FNO5S/c12-9-2-1-7(11(15)16)5-10(9)19(17,18)13-4-3-8(14)6-13/h1-2,5,8,14H,3-4,6H2,(H,15,16)/t8-/m1/s1. The number of sulfonamides is 1. The number of carboxylic acid groups (broad SMARTS) is 1. The second-order valence-electron chi connectivity index (χ2n) is 4.26. The highest BCUT2D eigenvalue weighted by atomic mass is 32.2. The molecule has 104 valence electrons. The second kappa shape index (κ2) is 4.87. The van der Waals surface area contributed by atoms with Crippen LogP contribution in [-0.2, 0) is 10.0 Å². The highest BCUT2D eigenvalue weighted by molar-refractivity contribution is 7.89. The van der Waals surface area contributed by atoms with Crippen molar-refractivity contribution in [3.05, 3.63) is 29.6 Å². The van der Waals surface area contributed by atoms with Crippen molar-refractivity contribution in [3.63, 3.8) is 0 Å². The van der Waals surface area contributed by atoms with Crippen LogP contribution in [0.25, 0.3) is 0 Å². The molecule has 0 saturated carbocycles. The molecule has 0 bridgehead atoms. The Morgan fingerprint density at radius 3 is 2.63 bits per heavy atom. The molecule has 0 aromatic heterocycles. The maximum atomic E-state index is 13.6. The summed E-state index contributed by atoms with van der Waals surface area (Å²) in [7, 11) is -4.12. The molecule has 1 saturated heterocycles. The van der Waals surface area contributed by atoms with Crippen LogP contribution in [0.1, 0.15) is 16.8 Å². The minimum absolute atomic E-state index is 0.0836. The quantitative estimate of drug-likeness (QED) is 0.833. The molecule has 6 nitrogen and oxygen atoms in total. The lowest BCUT2D eigenvalue weighted by Crippen LogP contribution is -2.30. The Hall–Kier alpha value is -1.51. The van der Waals surface area contributed by atoms with Gasteiger partial charge >= 0.3 is 5.97 Å². The third-order valence-electron chi connectivity index (χ3n) is 2.92. The molecule has 1 aliphatic rings. The number of aromatic carboxylic acids is 1. The molecule has 1 aliphatic heterocycles. The summed E-state index contributed by atoms with van der Waals surface area (Å²) in [5.41, 5.74) is -0.306. The summed E-state index contributed by atoms with van der Waals surface area (Å²) in [6.07, 6.45) is -0.500. The molecule has 8 heteroatoms. The monoisotopic (exact) mass is 289 g/mol. The second-order valence-corrected chi connectivity index (χ2v) is 6.16. The SMILES string of the molecule is O=C(O)c1ccc(F)c(S(=O)(=O)N2CC[C@@H](O)C2)c1. The van der Waals surface area contributed by atoms with Gasteiger partial charge in [0.25, 0.3) is 0 Å². The number of aliphatic hydroxyl groups is 1. The van der Waals surface area contributed by atoms with E-state index in [2.05, 4.69) is 0 Å². The van der Waals surface area contributed by atoms with Gasteiger partial charge in [-0.05, 0) is 24.6 Å². The summed E-state index contributed by atoms with van der Waals surface area (Å²) >= 11 is 0. The van der Waals surface area contributed by atoms with Crippen LogP contribution >= 0.6 is 0 Å². The van der Waals surface area contributed by atoms with Crippen molar-refractivity contribution in [2.75, 3.05) is 13.1 Å². The first-order chi connectivity index (χ1) is 8.82. The Bertz CT molecular complexity index is 616. The molecule has 0 radical (unpaired) electrons. The molecule has 1 aromatic carbocycles. The molecule has 0 aliphatic carbocycles. The van der Waals surface area contributed by atoms with Crippen molar-refractivity contribution < 1.29 is 27.8 Å². The molecule has 1 fully saturated rings.